The van der Waals surface area contributed by atoms with E-state index in [1.807, 2.05) is 47.6 Å². The number of aryl methyl sites for hydroxylation is 1. The minimum atomic E-state index is -1.26. The van der Waals surface area contributed by atoms with Gasteiger partial charge in [0, 0.05) is 29.2 Å². The smallest absolute Gasteiger partial charge is 0.332 e. The van der Waals surface area contributed by atoms with E-state index in [9.17, 15) is 14.7 Å². The van der Waals surface area contributed by atoms with Crippen LogP contribution in [0.1, 0.15) is 100 Å². The summed E-state index contributed by atoms with van der Waals surface area (Å²) in [5.74, 6) is -0.406. The van der Waals surface area contributed by atoms with Crippen LogP contribution in [-0.4, -0.2) is 51.7 Å². The predicted molar refractivity (Wildman–Crippen MR) is 151 cm³/mol. The second kappa shape index (κ2) is 11.0. The Balaban J connectivity index is 2.26. The lowest BCUT2D eigenvalue weighted by Gasteiger charge is -2.41. The second-order valence-electron chi connectivity index (χ2n) is 12.9. The molecule has 8 heteroatoms. The van der Waals surface area contributed by atoms with E-state index in [-0.39, 0.29) is 29.8 Å². The number of nitrogens with zero attached hydrogens (tertiary/aromatic N) is 2. The van der Waals surface area contributed by atoms with Crippen molar-refractivity contribution in [1.82, 2.24) is 9.88 Å². The number of esters is 1. The molecule has 0 bridgehead atoms. The Bertz CT molecular complexity index is 1160. The third-order valence-electron chi connectivity index (χ3n) is 6.91. The highest BCUT2D eigenvalue weighted by atomic mass is 32.1. The summed E-state index contributed by atoms with van der Waals surface area (Å²) in [6.07, 6.45) is 2.47. The monoisotopic (exact) mass is 544 g/mol. The molecule has 0 saturated carbocycles. The molecule has 3 atom stereocenters. The number of hydrogen-bond donors (Lipinski definition) is 1. The van der Waals surface area contributed by atoms with E-state index in [1.165, 1.54) is 11.3 Å². The van der Waals surface area contributed by atoms with Crippen molar-refractivity contribution in [1.29, 1.82) is 0 Å². The lowest BCUT2D eigenvalue weighted by atomic mass is 9.83. The molecule has 1 fully saturated rings. The van der Waals surface area contributed by atoms with Gasteiger partial charge in [-0.25, -0.2) is 9.78 Å². The number of aliphatic hydroxyl groups is 1. The quantitative estimate of drug-likeness (QED) is 0.425. The molecule has 0 spiro atoms. The summed E-state index contributed by atoms with van der Waals surface area (Å²) < 4.78 is 11.7. The lowest BCUT2D eigenvalue weighted by Crippen LogP contribution is -2.56. The van der Waals surface area contributed by atoms with Crippen molar-refractivity contribution in [3.8, 4) is 5.75 Å². The third kappa shape index (κ3) is 6.07. The van der Waals surface area contributed by atoms with E-state index >= 15 is 0 Å². The van der Waals surface area contributed by atoms with E-state index in [2.05, 4.69) is 25.8 Å². The van der Waals surface area contributed by atoms with Crippen molar-refractivity contribution in [3.05, 3.63) is 45.4 Å². The van der Waals surface area contributed by atoms with Gasteiger partial charge in [-0.3, -0.25) is 4.79 Å². The Morgan fingerprint density at radius 2 is 1.87 bits per heavy atom. The molecule has 1 aliphatic rings. The summed E-state index contributed by atoms with van der Waals surface area (Å²) in [6.45, 7) is 17.6. The highest BCUT2D eigenvalue weighted by Gasteiger charge is 2.60. The van der Waals surface area contributed by atoms with Gasteiger partial charge in [0.2, 0.25) is 0 Å². The average molecular weight is 545 g/mol. The van der Waals surface area contributed by atoms with Gasteiger partial charge in [-0.1, -0.05) is 40.7 Å². The van der Waals surface area contributed by atoms with Crippen LogP contribution in [0.3, 0.4) is 0 Å². The Morgan fingerprint density at radius 3 is 2.34 bits per heavy atom. The zero-order valence-electron chi connectivity index (χ0n) is 24.5. The van der Waals surface area contributed by atoms with Crippen LogP contribution >= 0.6 is 11.3 Å². The van der Waals surface area contributed by atoms with E-state index in [4.69, 9.17) is 9.47 Å². The topological polar surface area (TPSA) is 89.0 Å². The SMILES string of the molecule is COc1cc(C(=O)N2[C@@H](c3ncc(C)s3)[C@@H](CO)C[C@@]2(CC(C)C)C(=O)OC(C)(C)C)ccc1C(C)(C)C. The Morgan fingerprint density at radius 1 is 1.21 bits per heavy atom. The standard InChI is InChI=1S/C30H44N2O5S/c1-18(2)14-30(27(35)37-29(7,8)9)15-21(17-33)24(25-31-16-19(3)38-25)32(30)26(34)20-11-12-22(28(4,5)6)23(13-20)36-10/h11-13,16,18,21,24,33H,14-15,17H2,1-10H3/t21-,24-,30+/m1/s1. The highest BCUT2D eigenvalue weighted by Crippen LogP contribution is 2.52. The van der Waals surface area contributed by atoms with Gasteiger partial charge in [-0.2, -0.15) is 0 Å². The fourth-order valence-corrected chi connectivity index (χ4v) is 6.46. The van der Waals surface area contributed by atoms with Crippen LogP contribution in [0.2, 0.25) is 0 Å². The third-order valence-corrected chi connectivity index (χ3v) is 7.90. The molecule has 1 aromatic carbocycles. The van der Waals surface area contributed by atoms with Gasteiger partial charge < -0.3 is 19.5 Å². The average Bonchev–Trinajstić information content (AvgIpc) is 3.37. The molecule has 2 heterocycles. The molecule has 0 unspecified atom stereocenters. The Kier molecular flexibility index (Phi) is 8.69. The number of aliphatic hydroxyl groups excluding tert-OH is 1. The number of likely N-dealkylation sites (tertiary alicyclic amines) is 1. The first-order valence-electron chi connectivity index (χ1n) is 13.3. The van der Waals surface area contributed by atoms with Crippen molar-refractivity contribution in [2.45, 2.75) is 97.8 Å². The van der Waals surface area contributed by atoms with Crippen LogP contribution in [0, 0.1) is 18.8 Å². The molecule has 0 aliphatic carbocycles. The van der Waals surface area contributed by atoms with E-state index in [1.54, 1.807) is 30.3 Å². The summed E-state index contributed by atoms with van der Waals surface area (Å²) in [5, 5.41) is 11.2. The number of rotatable bonds is 7. The van der Waals surface area contributed by atoms with Crippen LogP contribution in [0.5, 0.6) is 5.75 Å². The molecule has 1 saturated heterocycles. The number of amides is 1. The van der Waals surface area contributed by atoms with E-state index in [0.717, 1.165) is 10.4 Å². The molecule has 7 nitrogen and oxygen atoms in total. The molecule has 0 radical (unpaired) electrons. The molecule has 1 aliphatic heterocycles. The minimum Gasteiger partial charge on any atom is -0.496 e. The maximum atomic E-state index is 14.6. The van der Waals surface area contributed by atoms with Crippen molar-refractivity contribution >= 4 is 23.2 Å². The van der Waals surface area contributed by atoms with Crippen LogP contribution in [0.4, 0.5) is 0 Å². The van der Waals surface area contributed by atoms with E-state index < -0.39 is 23.2 Å². The summed E-state index contributed by atoms with van der Waals surface area (Å²) >= 11 is 1.49. The number of thiazole rings is 1. The van der Waals surface area contributed by atoms with Gasteiger partial charge >= 0.3 is 5.97 Å². The van der Waals surface area contributed by atoms with Crippen LogP contribution in [0.25, 0.3) is 0 Å². The molecule has 1 amide bonds. The number of ether oxygens (including phenoxy) is 2. The normalized spacial score (nSPS) is 22.2. The van der Waals surface area contributed by atoms with E-state index in [0.29, 0.717) is 29.2 Å². The van der Waals surface area contributed by atoms with Crippen molar-refractivity contribution in [2.75, 3.05) is 13.7 Å². The van der Waals surface area contributed by atoms with Gasteiger partial charge in [0.1, 0.15) is 21.9 Å². The van der Waals surface area contributed by atoms with Gasteiger partial charge in [-0.15, -0.1) is 11.3 Å². The predicted octanol–water partition coefficient (Wildman–Crippen LogP) is 6.08. The Hall–Kier alpha value is -2.45. The first-order chi connectivity index (χ1) is 17.5. The molecule has 210 valence electrons. The van der Waals surface area contributed by atoms with Crippen LogP contribution < -0.4 is 4.74 Å². The van der Waals surface area contributed by atoms with Gasteiger partial charge in [0.05, 0.1) is 13.2 Å². The number of carbonyl (C=O) groups is 2. The fraction of sp³-hybridized carbons (Fsp3) is 0.633. The maximum absolute atomic E-state index is 14.6. The van der Waals surface area contributed by atoms with Crippen molar-refractivity contribution in [3.63, 3.8) is 0 Å². The molecule has 2 aromatic rings. The van der Waals surface area contributed by atoms with Gasteiger partial charge in [0.15, 0.2) is 0 Å². The lowest BCUT2D eigenvalue weighted by molar-refractivity contribution is -0.168. The van der Waals surface area contributed by atoms with Crippen molar-refractivity contribution < 1.29 is 24.2 Å². The summed E-state index contributed by atoms with van der Waals surface area (Å²) in [4.78, 5) is 35.9. The zero-order chi connectivity index (χ0) is 28.6. The van der Waals surface area contributed by atoms with Gasteiger partial charge in [0.25, 0.3) is 5.91 Å². The highest BCUT2D eigenvalue weighted by molar-refractivity contribution is 7.11. The molecule has 1 aromatic heterocycles. The number of benzene rings is 1. The number of carbonyl (C=O) groups excluding carboxylic acids is 2. The Labute approximate surface area is 231 Å². The largest absolute Gasteiger partial charge is 0.496 e. The number of hydrogen-bond acceptors (Lipinski definition) is 7. The molecular weight excluding hydrogens is 500 g/mol. The summed E-state index contributed by atoms with van der Waals surface area (Å²) in [5.41, 5.74) is -0.770. The first kappa shape index (κ1) is 30.1. The van der Waals surface area contributed by atoms with Crippen LogP contribution in [0.15, 0.2) is 24.4 Å². The molecule has 3 rings (SSSR count). The fourth-order valence-electron chi connectivity index (χ4n) is 5.50. The van der Waals surface area contributed by atoms with Crippen LogP contribution in [-0.2, 0) is 14.9 Å². The molecule has 1 N–H and O–H groups in total. The molecule has 38 heavy (non-hydrogen) atoms. The second-order valence-corrected chi connectivity index (χ2v) is 14.1. The maximum Gasteiger partial charge on any atom is 0.332 e. The zero-order valence-corrected chi connectivity index (χ0v) is 25.4. The summed E-state index contributed by atoms with van der Waals surface area (Å²) in [6, 6.07) is 4.92. The summed E-state index contributed by atoms with van der Waals surface area (Å²) in [7, 11) is 1.60. The first-order valence-corrected chi connectivity index (χ1v) is 14.1. The van der Waals surface area contributed by atoms with Gasteiger partial charge in [-0.05, 0) is 69.6 Å². The minimum absolute atomic E-state index is 0.0896. The molecular formula is C30H44N2O5S. The van der Waals surface area contributed by atoms with Crippen molar-refractivity contribution in [2.24, 2.45) is 11.8 Å². The number of aromatic nitrogens is 1. The number of methoxy groups -OCH3 is 1.